The smallest absolute Gasteiger partial charge is 0.228 e. The van der Waals surface area contributed by atoms with Crippen molar-refractivity contribution < 1.29 is 0 Å². The van der Waals surface area contributed by atoms with Crippen molar-refractivity contribution in [1.82, 2.24) is 24.7 Å². The van der Waals surface area contributed by atoms with Crippen LogP contribution in [0, 0.1) is 6.92 Å². The van der Waals surface area contributed by atoms with E-state index in [2.05, 4.69) is 55.7 Å². The molecule has 0 saturated carbocycles. The number of hydrogen-bond acceptors (Lipinski definition) is 6. The number of aryl methyl sites for hydroxylation is 1. The molecule has 7 heteroatoms. The summed E-state index contributed by atoms with van der Waals surface area (Å²) in [5, 5.41) is 11.8. The number of fused-ring (bicyclic) bond motifs is 1. The second kappa shape index (κ2) is 5.55. The van der Waals surface area contributed by atoms with Crippen LogP contribution in [0.3, 0.4) is 0 Å². The third-order valence-electron chi connectivity index (χ3n) is 3.95. The standard InChI is InChI=1S/C15H23N7/c1-9(2)14-20-19-13-8-21(7-11(4)22(13)14)15-17-10(3)6-12(16-5)18-15/h6,9,11H,7-8H2,1-5H3,(H,16,17,18)/t11-/m0/s1. The highest BCUT2D eigenvalue weighted by Crippen LogP contribution is 2.27. The molecular formula is C15H23N7. The van der Waals surface area contributed by atoms with E-state index in [0.717, 1.165) is 35.7 Å². The van der Waals surface area contributed by atoms with Crippen LogP contribution >= 0.6 is 0 Å². The highest BCUT2D eigenvalue weighted by Gasteiger charge is 2.28. The Morgan fingerprint density at radius 3 is 2.73 bits per heavy atom. The Labute approximate surface area is 130 Å². The molecular weight excluding hydrogens is 278 g/mol. The molecule has 1 N–H and O–H groups in total. The topological polar surface area (TPSA) is 71.8 Å². The number of nitrogens with one attached hydrogen (secondary N) is 1. The van der Waals surface area contributed by atoms with Crippen molar-refractivity contribution in [3.05, 3.63) is 23.4 Å². The van der Waals surface area contributed by atoms with Gasteiger partial charge < -0.3 is 14.8 Å². The van der Waals surface area contributed by atoms with Crippen LogP contribution in [0.25, 0.3) is 0 Å². The summed E-state index contributed by atoms with van der Waals surface area (Å²) in [4.78, 5) is 11.3. The zero-order chi connectivity index (χ0) is 15.9. The van der Waals surface area contributed by atoms with E-state index in [0.29, 0.717) is 18.5 Å². The van der Waals surface area contributed by atoms with E-state index in [1.165, 1.54) is 0 Å². The maximum Gasteiger partial charge on any atom is 0.228 e. The Kier molecular flexibility index (Phi) is 3.72. The van der Waals surface area contributed by atoms with Crippen molar-refractivity contribution in [3.8, 4) is 0 Å². The predicted molar refractivity (Wildman–Crippen MR) is 86.2 cm³/mol. The fraction of sp³-hybridized carbons (Fsp3) is 0.600. The van der Waals surface area contributed by atoms with E-state index in [9.17, 15) is 0 Å². The molecule has 0 saturated heterocycles. The average molecular weight is 301 g/mol. The molecule has 2 aromatic heterocycles. The van der Waals surface area contributed by atoms with Crippen LogP contribution in [0.15, 0.2) is 6.07 Å². The zero-order valence-corrected chi connectivity index (χ0v) is 13.8. The van der Waals surface area contributed by atoms with Crippen molar-refractivity contribution in [2.24, 2.45) is 0 Å². The third kappa shape index (κ3) is 2.51. The van der Waals surface area contributed by atoms with E-state index in [1.807, 2.05) is 20.0 Å². The van der Waals surface area contributed by atoms with Gasteiger partial charge in [-0.1, -0.05) is 13.8 Å². The van der Waals surface area contributed by atoms with Crippen LogP contribution in [-0.2, 0) is 6.54 Å². The van der Waals surface area contributed by atoms with Crippen LogP contribution in [0.1, 0.15) is 50.1 Å². The molecule has 0 bridgehead atoms. The molecule has 2 aromatic rings. The third-order valence-corrected chi connectivity index (χ3v) is 3.95. The summed E-state index contributed by atoms with van der Waals surface area (Å²) in [6.07, 6.45) is 0. The molecule has 1 atom stereocenters. The van der Waals surface area contributed by atoms with Gasteiger partial charge >= 0.3 is 0 Å². The fourth-order valence-electron chi connectivity index (χ4n) is 2.93. The van der Waals surface area contributed by atoms with Gasteiger partial charge in [0, 0.05) is 31.3 Å². The number of hydrogen-bond donors (Lipinski definition) is 1. The SMILES string of the molecule is CNc1cc(C)nc(N2Cc3nnc(C(C)C)n3[C@@H](C)C2)n1. The Hall–Kier alpha value is -2.18. The second-order valence-electron chi connectivity index (χ2n) is 6.17. The minimum Gasteiger partial charge on any atom is -0.373 e. The molecule has 7 nitrogen and oxygen atoms in total. The van der Waals surface area contributed by atoms with Gasteiger partial charge in [-0.15, -0.1) is 10.2 Å². The summed E-state index contributed by atoms with van der Waals surface area (Å²) in [5.41, 5.74) is 0.955. The molecule has 22 heavy (non-hydrogen) atoms. The molecule has 0 radical (unpaired) electrons. The molecule has 0 aromatic carbocycles. The molecule has 118 valence electrons. The Balaban J connectivity index is 1.94. The van der Waals surface area contributed by atoms with Crippen molar-refractivity contribution in [1.29, 1.82) is 0 Å². The molecule has 0 fully saturated rings. The zero-order valence-electron chi connectivity index (χ0n) is 13.8. The quantitative estimate of drug-likeness (QED) is 0.936. The van der Waals surface area contributed by atoms with Gasteiger partial charge in [0.15, 0.2) is 5.82 Å². The van der Waals surface area contributed by atoms with E-state index < -0.39 is 0 Å². The molecule has 0 unspecified atom stereocenters. The predicted octanol–water partition coefficient (Wildman–Crippen LogP) is 2.12. The number of nitrogens with zero attached hydrogens (tertiary/aromatic N) is 6. The Bertz CT molecular complexity index is 677. The van der Waals surface area contributed by atoms with Crippen molar-refractivity contribution in [3.63, 3.8) is 0 Å². The molecule has 0 spiro atoms. The van der Waals surface area contributed by atoms with Gasteiger partial charge in [0.05, 0.1) is 12.6 Å². The van der Waals surface area contributed by atoms with Gasteiger partial charge in [-0.05, 0) is 13.8 Å². The van der Waals surface area contributed by atoms with Crippen molar-refractivity contribution >= 4 is 11.8 Å². The first kappa shape index (κ1) is 14.7. The van der Waals surface area contributed by atoms with Crippen molar-refractivity contribution in [2.45, 2.75) is 46.2 Å². The van der Waals surface area contributed by atoms with E-state index in [1.54, 1.807) is 0 Å². The van der Waals surface area contributed by atoms with Gasteiger partial charge in [-0.2, -0.15) is 4.98 Å². The number of aromatic nitrogens is 5. The van der Waals surface area contributed by atoms with Gasteiger partial charge in [0.2, 0.25) is 5.95 Å². The lowest BCUT2D eigenvalue weighted by atomic mass is 10.1. The summed E-state index contributed by atoms with van der Waals surface area (Å²) in [6, 6.07) is 2.24. The minimum absolute atomic E-state index is 0.304. The van der Waals surface area contributed by atoms with Crippen LogP contribution in [0.5, 0.6) is 0 Å². The van der Waals surface area contributed by atoms with Crippen LogP contribution in [0.2, 0.25) is 0 Å². The Morgan fingerprint density at radius 2 is 2.05 bits per heavy atom. The Morgan fingerprint density at radius 1 is 1.27 bits per heavy atom. The maximum atomic E-state index is 4.57. The molecule has 3 rings (SSSR count). The summed E-state index contributed by atoms with van der Waals surface area (Å²) in [6.45, 7) is 10.0. The second-order valence-corrected chi connectivity index (χ2v) is 6.17. The monoisotopic (exact) mass is 301 g/mol. The highest BCUT2D eigenvalue weighted by atomic mass is 15.4. The van der Waals surface area contributed by atoms with Crippen molar-refractivity contribution in [2.75, 3.05) is 23.8 Å². The van der Waals surface area contributed by atoms with E-state index in [4.69, 9.17) is 0 Å². The number of rotatable bonds is 3. The van der Waals surface area contributed by atoms with Gasteiger partial charge in [-0.25, -0.2) is 4.98 Å². The molecule has 3 heterocycles. The summed E-state index contributed by atoms with van der Waals surface area (Å²) in [7, 11) is 1.87. The molecule has 0 amide bonds. The average Bonchev–Trinajstić information content (AvgIpc) is 2.91. The highest BCUT2D eigenvalue weighted by molar-refractivity contribution is 5.43. The van der Waals surface area contributed by atoms with Crippen LogP contribution < -0.4 is 10.2 Å². The number of anilines is 2. The molecule has 1 aliphatic heterocycles. The first-order valence-corrected chi connectivity index (χ1v) is 7.71. The lowest BCUT2D eigenvalue weighted by Crippen LogP contribution is -2.38. The first-order valence-electron chi connectivity index (χ1n) is 7.71. The summed E-state index contributed by atoms with van der Waals surface area (Å²) < 4.78 is 2.26. The fourth-order valence-corrected chi connectivity index (χ4v) is 2.93. The van der Waals surface area contributed by atoms with Gasteiger partial charge in [0.25, 0.3) is 0 Å². The van der Waals surface area contributed by atoms with Gasteiger partial charge in [-0.3, -0.25) is 0 Å². The normalized spacial score (nSPS) is 17.7. The van der Waals surface area contributed by atoms with Gasteiger partial charge in [0.1, 0.15) is 11.6 Å². The first-order chi connectivity index (χ1) is 10.5. The maximum absolute atomic E-state index is 4.57. The molecule has 1 aliphatic rings. The lowest BCUT2D eigenvalue weighted by molar-refractivity contribution is 0.438. The largest absolute Gasteiger partial charge is 0.373 e. The van der Waals surface area contributed by atoms with Crippen LogP contribution in [0.4, 0.5) is 11.8 Å². The van der Waals surface area contributed by atoms with E-state index in [-0.39, 0.29) is 0 Å². The molecule has 0 aliphatic carbocycles. The summed E-state index contributed by atoms with van der Waals surface area (Å²) >= 11 is 0. The summed E-state index contributed by atoms with van der Waals surface area (Å²) in [5.74, 6) is 4.00. The minimum atomic E-state index is 0.304. The van der Waals surface area contributed by atoms with Crippen LogP contribution in [-0.4, -0.2) is 38.3 Å². The lowest BCUT2D eigenvalue weighted by Gasteiger charge is -2.33. The van der Waals surface area contributed by atoms with E-state index >= 15 is 0 Å².